The van der Waals surface area contributed by atoms with Crippen molar-refractivity contribution in [1.29, 1.82) is 0 Å². The van der Waals surface area contributed by atoms with Crippen LogP contribution in [0, 0.1) is 5.82 Å². The van der Waals surface area contributed by atoms with Crippen LogP contribution in [0.25, 0.3) is 0 Å². The van der Waals surface area contributed by atoms with Gasteiger partial charge in [0.25, 0.3) is 5.91 Å². The van der Waals surface area contributed by atoms with Gasteiger partial charge in [-0.05, 0) is 36.2 Å². The number of ether oxygens (including phenoxy) is 1. The Kier molecular flexibility index (Phi) is 8.16. The third kappa shape index (κ3) is 6.85. The van der Waals surface area contributed by atoms with Crippen molar-refractivity contribution in [2.45, 2.75) is 17.4 Å². The van der Waals surface area contributed by atoms with Gasteiger partial charge in [0.15, 0.2) is 6.61 Å². The van der Waals surface area contributed by atoms with Crippen molar-refractivity contribution >= 4 is 39.2 Å². The summed E-state index contributed by atoms with van der Waals surface area (Å²) in [6.45, 7) is -0.670. The van der Waals surface area contributed by atoms with Crippen LogP contribution in [0.15, 0.2) is 83.8 Å². The zero-order valence-corrected chi connectivity index (χ0v) is 18.8. The molecule has 0 spiro atoms. The Morgan fingerprint density at radius 1 is 0.939 bits per heavy atom. The van der Waals surface area contributed by atoms with Gasteiger partial charge in [-0.2, -0.15) is 4.72 Å². The summed E-state index contributed by atoms with van der Waals surface area (Å²) in [5.41, 5.74) is 0.970. The van der Waals surface area contributed by atoms with Crippen LogP contribution in [-0.2, 0) is 30.8 Å². The average molecular weight is 491 g/mol. The van der Waals surface area contributed by atoms with E-state index in [1.54, 1.807) is 54.6 Å². The molecule has 3 aromatic rings. The molecule has 0 bridgehead atoms. The van der Waals surface area contributed by atoms with Crippen LogP contribution >= 0.6 is 11.6 Å². The van der Waals surface area contributed by atoms with E-state index < -0.39 is 45.3 Å². The minimum Gasteiger partial charge on any atom is -0.454 e. The number of hydrogen-bond donors (Lipinski definition) is 2. The SMILES string of the molecule is O=C(COC(=O)[C@H](Cc1ccccc1)NS(=O)(=O)c1ccccc1F)Nc1ccccc1Cl. The molecule has 3 rings (SSSR count). The second-order valence-electron chi connectivity index (χ2n) is 6.93. The number of anilines is 1. The number of carbonyl (C=O) groups excluding carboxylic acids is 2. The van der Waals surface area contributed by atoms with Crippen LogP contribution in [0.2, 0.25) is 5.02 Å². The normalized spacial score (nSPS) is 12.1. The molecule has 0 fully saturated rings. The maximum atomic E-state index is 14.1. The first-order valence-corrected chi connectivity index (χ1v) is 11.6. The highest BCUT2D eigenvalue weighted by atomic mass is 35.5. The minimum atomic E-state index is -4.39. The van der Waals surface area contributed by atoms with Crippen LogP contribution in [-0.4, -0.2) is 32.9 Å². The first-order valence-electron chi connectivity index (χ1n) is 9.78. The number of hydrogen-bond acceptors (Lipinski definition) is 5. The summed E-state index contributed by atoms with van der Waals surface area (Å²) in [4.78, 5) is 24.3. The molecule has 0 aliphatic carbocycles. The smallest absolute Gasteiger partial charge is 0.325 e. The van der Waals surface area contributed by atoms with E-state index in [0.29, 0.717) is 16.3 Å². The molecule has 7 nitrogen and oxygen atoms in total. The van der Waals surface area contributed by atoms with Gasteiger partial charge in [-0.15, -0.1) is 0 Å². The van der Waals surface area contributed by atoms with E-state index in [1.807, 2.05) is 0 Å². The minimum absolute atomic E-state index is 0.0700. The fourth-order valence-electron chi connectivity index (χ4n) is 2.92. The number of esters is 1. The van der Waals surface area contributed by atoms with Crippen LogP contribution in [0.5, 0.6) is 0 Å². The van der Waals surface area contributed by atoms with E-state index >= 15 is 0 Å². The third-order valence-electron chi connectivity index (χ3n) is 4.48. The number of amides is 1. The lowest BCUT2D eigenvalue weighted by atomic mass is 10.1. The highest BCUT2D eigenvalue weighted by Crippen LogP contribution is 2.20. The maximum absolute atomic E-state index is 14.1. The molecule has 0 heterocycles. The molecule has 3 aromatic carbocycles. The number of sulfonamides is 1. The summed E-state index contributed by atoms with van der Waals surface area (Å²) >= 11 is 5.99. The number of halogens is 2. The molecule has 0 aliphatic heterocycles. The molecule has 0 aliphatic rings. The van der Waals surface area contributed by atoms with E-state index in [-0.39, 0.29) is 6.42 Å². The number of para-hydroxylation sites is 1. The van der Waals surface area contributed by atoms with Gasteiger partial charge in [0.05, 0.1) is 10.7 Å². The largest absolute Gasteiger partial charge is 0.454 e. The molecule has 1 atom stereocenters. The highest BCUT2D eigenvalue weighted by molar-refractivity contribution is 7.89. The molecule has 0 aromatic heterocycles. The molecular weight excluding hydrogens is 471 g/mol. The van der Waals surface area contributed by atoms with Gasteiger partial charge in [0, 0.05) is 0 Å². The van der Waals surface area contributed by atoms with Crippen molar-refractivity contribution in [1.82, 2.24) is 4.72 Å². The molecule has 2 N–H and O–H groups in total. The predicted molar refractivity (Wildman–Crippen MR) is 122 cm³/mol. The monoisotopic (exact) mass is 490 g/mol. The van der Waals surface area contributed by atoms with Gasteiger partial charge >= 0.3 is 5.97 Å². The Hall–Kier alpha value is -3.27. The van der Waals surface area contributed by atoms with E-state index in [4.69, 9.17) is 16.3 Å². The van der Waals surface area contributed by atoms with Crippen molar-refractivity contribution in [3.05, 3.63) is 95.3 Å². The van der Waals surface area contributed by atoms with Crippen molar-refractivity contribution in [3.8, 4) is 0 Å². The van der Waals surface area contributed by atoms with Crippen LogP contribution in [0.3, 0.4) is 0 Å². The van der Waals surface area contributed by atoms with Crippen LogP contribution in [0.4, 0.5) is 10.1 Å². The molecule has 0 unspecified atom stereocenters. The Bertz CT molecular complexity index is 1240. The van der Waals surface area contributed by atoms with Crippen molar-refractivity contribution in [2.75, 3.05) is 11.9 Å². The maximum Gasteiger partial charge on any atom is 0.325 e. The molecule has 10 heteroatoms. The van der Waals surface area contributed by atoms with Gasteiger partial charge < -0.3 is 10.1 Å². The second-order valence-corrected chi connectivity index (χ2v) is 9.02. The Morgan fingerprint density at radius 2 is 1.58 bits per heavy atom. The summed E-state index contributed by atoms with van der Waals surface area (Å²) in [5.74, 6) is -2.61. The lowest BCUT2D eigenvalue weighted by Gasteiger charge is -2.18. The fourth-order valence-corrected chi connectivity index (χ4v) is 4.37. The molecule has 0 saturated heterocycles. The summed E-state index contributed by atoms with van der Waals surface area (Å²) < 4.78 is 46.7. The van der Waals surface area contributed by atoms with Gasteiger partial charge in [-0.25, -0.2) is 12.8 Å². The lowest BCUT2D eigenvalue weighted by Crippen LogP contribution is -2.44. The first-order chi connectivity index (χ1) is 15.8. The number of nitrogens with one attached hydrogen (secondary N) is 2. The Morgan fingerprint density at radius 3 is 2.27 bits per heavy atom. The highest BCUT2D eigenvalue weighted by Gasteiger charge is 2.29. The first kappa shape index (κ1) is 24.4. The van der Waals surface area contributed by atoms with Gasteiger partial charge in [0.2, 0.25) is 10.0 Å². The third-order valence-corrected chi connectivity index (χ3v) is 6.32. The topological polar surface area (TPSA) is 102 Å². The summed E-state index contributed by atoms with van der Waals surface area (Å²) in [7, 11) is -4.39. The van der Waals surface area contributed by atoms with Crippen LogP contribution in [0.1, 0.15) is 5.56 Å². The molecule has 1 amide bonds. The summed E-state index contributed by atoms with van der Waals surface area (Å²) in [5, 5.41) is 2.80. The van der Waals surface area contributed by atoms with Gasteiger partial charge in [-0.1, -0.05) is 66.2 Å². The molecule has 33 heavy (non-hydrogen) atoms. The van der Waals surface area contributed by atoms with Crippen molar-refractivity contribution in [3.63, 3.8) is 0 Å². The van der Waals surface area contributed by atoms with E-state index in [9.17, 15) is 22.4 Å². The quantitative estimate of drug-likeness (QED) is 0.447. The summed E-state index contributed by atoms with van der Waals surface area (Å²) in [6, 6.07) is 18.5. The molecular formula is C23H20ClFN2O5S. The number of rotatable bonds is 9. The summed E-state index contributed by atoms with van der Waals surface area (Å²) in [6.07, 6.45) is -0.0700. The van der Waals surface area contributed by atoms with Crippen molar-refractivity contribution < 1.29 is 27.1 Å². The zero-order valence-electron chi connectivity index (χ0n) is 17.2. The van der Waals surface area contributed by atoms with Crippen LogP contribution < -0.4 is 10.0 Å². The second kappa shape index (κ2) is 11.0. The van der Waals surface area contributed by atoms with E-state index in [2.05, 4.69) is 10.0 Å². The van der Waals surface area contributed by atoms with Gasteiger partial charge in [0.1, 0.15) is 16.8 Å². The predicted octanol–water partition coefficient (Wildman–Crippen LogP) is 3.55. The zero-order chi connectivity index (χ0) is 23.8. The molecule has 172 valence electrons. The van der Waals surface area contributed by atoms with E-state index in [0.717, 1.165) is 12.1 Å². The fraction of sp³-hybridized carbons (Fsp3) is 0.130. The lowest BCUT2D eigenvalue weighted by molar-refractivity contribution is -0.149. The standard InChI is InChI=1S/C23H20ClFN2O5S/c24-17-10-4-6-12-19(17)26-22(28)15-32-23(29)20(14-16-8-2-1-3-9-16)27-33(30,31)21-13-7-5-11-18(21)25/h1-13,20,27H,14-15H2,(H,26,28)/t20-/m0/s1. The van der Waals surface area contributed by atoms with Gasteiger partial charge in [-0.3, -0.25) is 9.59 Å². The average Bonchev–Trinajstić information content (AvgIpc) is 2.79. The van der Waals surface area contributed by atoms with E-state index in [1.165, 1.54) is 12.1 Å². The van der Waals surface area contributed by atoms with Crippen molar-refractivity contribution in [2.24, 2.45) is 0 Å². The number of benzene rings is 3. The Labute approximate surface area is 195 Å². The number of carbonyl (C=O) groups is 2. The Balaban J connectivity index is 1.73. The molecule has 0 saturated carbocycles. The molecule has 0 radical (unpaired) electrons.